The summed E-state index contributed by atoms with van der Waals surface area (Å²) in [6.07, 6.45) is 1.56. The predicted molar refractivity (Wildman–Crippen MR) is 184 cm³/mol. The Bertz CT molecular complexity index is 1850. The Hall–Kier alpha value is -4.82. The number of amides is 3. The molecule has 1 atom stereocenters. The van der Waals surface area contributed by atoms with Crippen molar-refractivity contribution in [1.82, 2.24) is 5.32 Å². The van der Waals surface area contributed by atoms with Gasteiger partial charge in [0, 0.05) is 21.2 Å². The fraction of sp³-hybridized carbons (Fsp3) is 0.0278. The number of para-hydroxylation sites is 1. The molecule has 224 valence electrons. The normalized spacial score (nSPS) is 11.7. The third-order valence-electron chi connectivity index (χ3n) is 6.51. The van der Waals surface area contributed by atoms with Crippen molar-refractivity contribution in [2.24, 2.45) is 0 Å². The first-order valence-electron chi connectivity index (χ1n) is 13.9. The van der Waals surface area contributed by atoms with Gasteiger partial charge < -0.3 is 16.0 Å². The molecule has 5 aromatic carbocycles. The standard InChI is InChI=1S/C36H27Cl2N3O3S/c37-27-16-9-11-24(21-27)22-32(41-34(42)26-14-5-2-6-15-26)35(43)39-28-17-10-18-29(23-28)45-33(25-12-3-1-4-13-25)36(44)40-31-20-8-7-19-30(31)38/h1-23,33H,(H,39,43)(H,40,44)(H,41,42)/b32-22-. The largest absolute Gasteiger partial charge is 0.323 e. The molecule has 0 spiro atoms. The summed E-state index contributed by atoms with van der Waals surface area (Å²) in [6, 6.07) is 39.2. The number of rotatable bonds is 10. The number of benzene rings is 5. The average Bonchev–Trinajstić information content (AvgIpc) is 3.05. The summed E-state index contributed by atoms with van der Waals surface area (Å²) in [4.78, 5) is 40.8. The smallest absolute Gasteiger partial charge is 0.272 e. The van der Waals surface area contributed by atoms with Crippen LogP contribution in [-0.4, -0.2) is 17.7 Å². The fourth-order valence-corrected chi connectivity index (χ4v) is 5.81. The molecule has 1 unspecified atom stereocenters. The van der Waals surface area contributed by atoms with Crippen molar-refractivity contribution in [2.75, 3.05) is 10.6 Å². The molecule has 3 amide bonds. The van der Waals surface area contributed by atoms with Gasteiger partial charge in [0.15, 0.2) is 0 Å². The van der Waals surface area contributed by atoms with Crippen LogP contribution in [-0.2, 0) is 9.59 Å². The minimum absolute atomic E-state index is 0.0328. The van der Waals surface area contributed by atoms with Crippen LogP contribution in [0, 0.1) is 0 Å². The van der Waals surface area contributed by atoms with Crippen molar-refractivity contribution in [3.63, 3.8) is 0 Å². The Morgan fingerprint density at radius 2 is 1.38 bits per heavy atom. The SMILES string of the molecule is O=C(Nc1cccc(SC(C(=O)Nc2ccccc2Cl)c2ccccc2)c1)/C(=C/c1cccc(Cl)c1)NC(=O)c1ccccc1. The van der Waals surface area contributed by atoms with Gasteiger partial charge in [-0.15, -0.1) is 11.8 Å². The van der Waals surface area contributed by atoms with Gasteiger partial charge in [0.1, 0.15) is 10.9 Å². The number of carbonyl (C=O) groups is 3. The van der Waals surface area contributed by atoms with E-state index < -0.39 is 17.1 Å². The zero-order valence-electron chi connectivity index (χ0n) is 23.7. The number of carbonyl (C=O) groups excluding carboxylic acids is 3. The highest BCUT2D eigenvalue weighted by Gasteiger charge is 2.23. The Balaban J connectivity index is 1.38. The van der Waals surface area contributed by atoms with E-state index in [0.29, 0.717) is 32.5 Å². The molecule has 9 heteroatoms. The van der Waals surface area contributed by atoms with Gasteiger partial charge in [0.25, 0.3) is 11.8 Å². The summed E-state index contributed by atoms with van der Waals surface area (Å²) in [7, 11) is 0. The molecule has 0 fully saturated rings. The quantitative estimate of drug-likeness (QED) is 0.104. The Labute approximate surface area is 275 Å². The van der Waals surface area contributed by atoms with E-state index in [2.05, 4.69) is 16.0 Å². The van der Waals surface area contributed by atoms with E-state index in [1.807, 2.05) is 36.4 Å². The zero-order valence-corrected chi connectivity index (χ0v) is 26.1. The van der Waals surface area contributed by atoms with Gasteiger partial charge in [-0.1, -0.05) is 102 Å². The van der Waals surface area contributed by atoms with Gasteiger partial charge in [-0.2, -0.15) is 0 Å². The van der Waals surface area contributed by atoms with Gasteiger partial charge in [0.05, 0.1) is 10.7 Å². The van der Waals surface area contributed by atoms with Crippen LogP contribution < -0.4 is 16.0 Å². The summed E-state index contributed by atoms with van der Waals surface area (Å²) in [5.74, 6) is -1.21. The monoisotopic (exact) mass is 651 g/mol. The van der Waals surface area contributed by atoms with Crippen LogP contribution in [0.3, 0.4) is 0 Å². The lowest BCUT2D eigenvalue weighted by Gasteiger charge is -2.18. The molecule has 0 aliphatic carbocycles. The number of nitrogens with one attached hydrogen (secondary N) is 3. The molecule has 5 rings (SSSR count). The number of anilines is 2. The zero-order chi connectivity index (χ0) is 31.6. The molecule has 45 heavy (non-hydrogen) atoms. The van der Waals surface area contributed by atoms with Crippen molar-refractivity contribution in [2.45, 2.75) is 10.1 Å². The van der Waals surface area contributed by atoms with Crippen LogP contribution in [0.4, 0.5) is 11.4 Å². The summed E-state index contributed by atoms with van der Waals surface area (Å²) in [5, 5.41) is 8.86. The maximum Gasteiger partial charge on any atom is 0.272 e. The summed E-state index contributed by atoms with van der Waals surface area (Å²) >= 11 is 13.8. The molecule has 0 saturated carbocycles. The molecule has 6 nitrogen and oxygen atoms in total. The van der Waals surface area contributed by atoms with Crippen LogP contribution in [0.25, 0.3) is 6.08 Å². The number of hydrogen-bond acceptors (Lipinski definition) is 4. The summed E-state index contributed by atoms with van der Waals surface area (Å²) < 4.78 is 0. The van der Waals surface area contributed by atoms with E-state index in [4.69, 9.17) is 23.2 Å². The van der Waals surface area contributed by atoms with Crippen molar-refractivity contribution >= 4 is 70.1 Å². The molecule has 0 aromatic heterocycles. The van der Waals surface area contributed by atoms with Crippen molar-refractivity contribution in [3.8, 4) is 0 Å². The molecule has 0 saturated heterocycles. The van der Waals surface area contributed by atoms with Crippen LogP contribution in [0.1, 0.15) is 26.7 Å². The van der Waals surface area contributed by atoms with Gasteiger partial charge in [0.2, 0.25) is 5.91 Å². The maximum atomic E-state index is 13.6. The molecule has 0 aliphatic rings. The molecule has 5 aromatic rings. The lowest BCUT2D eigenvalue weighted by atomic mass is 10.1. The van der Waals surface area contributed by atoms with Crippen LogP contribution >= 0.6 is 35.0 Å². The molecule has 3 N–H and O–H groups in total. The first kappa shape index (κ1) is 31.6. The molecular formula is C36H27Cl2N3O3S. The number of halogens is 2. The van der Waals surface area contributed by atoms with E-state index >= 15 is 0 Å². The van der Waals surface area contributed by atoms with Gasteiger partial charge >= 0.3 is 0 Å². The van der Waals surface area contributed by atoms with E-state index in [1.165, 1.54) is 11.8 Å². The Kier molecular flexibility index (Phi) is 10.7. The molecule has 0 heterocycles. The van der Waals surface area contributed by atoms with Crippen molar-refractivity contribution in [3.05, 3.63) is 166 Å². The maximum absolute atomic E-state index is 13.6. The Morgan fingerprint density at radius 3 is 2.11 bits per heavy atom. The molecule has 0 aliphatic heterocycles. The van der Waals surface area contributed by atoms with Crippen molar-refractivity contribution in [1.29, 1.82) is 0 Å². The van der Waals surface area contributed by atoms with Crippen LogP contribution in [0.5, 0.6) is 0 Å². The van der Waals surface area contributed by atoms with Gasteiger partial charge in [-0.3, -0.25) is 14.4 Å². The topological polar surface area (TPSA) is 87.3 Å². The average molecular weight is 653 g/mol. The lowest BCUT2D eigenvalue weighted by molar-refractivity contribution is -0.116. The Morgan fingerprint density at radius 1 is 0.689 bits per heavy atom. The third-order valence-corrected chi connectivity index (χ3v) is 8.32. The van der Waals surface area contributed by atoms with Crippen molar-refractivity contribution < 1.29 is 14.4 Å². The second-order valence-corrected chi connectivity index (χ2v) is 11.8. The lowest BCUT2D eigenvalue weighted by Crippen LogP contribution is -2.30. The second-order valence-electron chi connectivity index (χ2n) is 9.79. The van der Waals surface area contributed by atoms with E-state index in [0.717, 1.165) is 10.5 Å². The highest BCUT2D eigenvalue weighted by molar-refractivity contribution is 8.00. The summed E-state index contributed by atoms with van der Waals surface area (Å²) in [6.45, 7) is 0. The predicted octanol–water partition coefficient (Wildman–Crippen LogP) is 8.88. The third kappa shape index (κ3) is 8.86. The van der Waals surface area contributed by atoms with Gasteiger partial charge in [-0.05, 0) is 71.8 Å². The number of hydrogen-bond donors (Lipinski definition) is 3. The minimum atomic E-state index is -0.614. The first-order chi connectivity index (χ1) is 21.9. The minimum Gasteiger partial charge on any atom is -0.323 e. The fourth-order valence-electron chi connectivity index (χ4n) is 4.35. The molecule has 0 bridgehead atoms. The first-order valence-corrected chi connectivity index (χ1v) is 15.5. The highest BCUT2D eigenvalue weighted by atomic mass is 35.5. The molecular weight excluding hydrogens is 625 g/mol. The van der Waals surface area contributed by atoms with E-state index in [9.17, 15) is 14.4 Å². The van der Waals surface area contributed by atoms with Gasteiger partial charge in [-0.25, -0.2) is 0 Å². The van der Waals surface area contributed by atoms with E-state index in [-0.39, 0.29) is 11.6 Å². The highest BCUT2D eigenvalue weighted by Crippen LogP contribution is 2.37. The number of thioether (sulfide) groups is 1. The van der Waals surface area contributed by atoms with Crippen LogP contribution in [0.2, 0.25) is 10.0 Å². The molecule has 0 radical (unpaired) electrons. The van der Waals surface area contributed by atoms with Crippen LogP contribution in [0.15, 0.2) is 144 Å². The second kappa shape index (κ2) is 15.3. The van der Waals surface area contributed by atoms with E-state index in [1.54, 1.807) is 103 Å². The summed E-state index contributed by atoms with van der Waals surface area (Å²) in [5.41, 5.74) is 2.88.